The van der Waals surface area contributed by atoms with Crippen molar-refractivity contribution in [1.29, 1.82) is 0 Å². The van der Waals surface area contributed by atoms with Gasteiger partial charge in [-0.05, 0) is 12.8 Å². The van der Waals surface area contributed by atoms with Gasteiger partial charge in [0.2, 0.25) is 0 Å². The maximum absolute atomic E-state index is 12.6. The van der Waals surface area contributed by atoms with E-state index in [4.69, 9.17) is 5.11 Å². The molecule has 1 unspecified atom stereocenters. The number of hydrogen-bond donors (Lipinski definition) is 2. The van der Waals surface area contributed by atoms with Gasteiger partial charge in [-0.25, -0.2) is 9.78 Å². The monoisotopic (exact) mass is 366 g/mol. The van der Waals surface area contributed by atoms with Gasteiger partial charge in [-0.2, -0.15) is 0 Å². The third-order valence-electron chi connectivity index (χ3n) is 4.83. The van der Waals surface area contributed by atoms with Crippen LogP contribution in [0.5, 0.6) is 0 Å². The van der Waals surface area contributed by atoms with Crippen LogP contribution in [0.2, 0.25) is 0 Å². The number of aliphatic hydroxyl groups is 2. The lowest BCUT2D eigenvalue weighted by Crippen LogP contribution is -2.39. The van der Waals surface area contributed by atoms with Crippen molar-refractivity contribution in [2.75, 3.05) is 6.61 Å². The van der Waals surface area contributed by atoms with E-state index >= 15 is 0 Å². The predicted octanol–water partition coefficient (Wildman–Crippen LogP) is 0.908. The molecule has 2 aromatic rings. The van der Waals surface area contributed by atoms with Gasteiger partial charge in [0, 0.05) is 20.6 Å². The quantitative estimate of drug-likeness (QED) is 0.576. The van der Waals surface area contributed by atoms with Crippen LogP contribution >= 0.6 is 0 Å². The zero-order chi connectivity index (χ0) is 19.1. The van der Waals surface area contributed by atoms with Crippen LogP contribution in [0, 0.1) is 0 Å². The lowest BCUT2D eigenvalue weighted by molar-refractivity contribution is 0.0860. The second kappa shape index (κ2) is 9.68. The molecule has 2 heterocycles. The molecule has 8 heteroatoms. The molecule has 0 aliphatic rings. The third-order valence-corrected chi connectivity index (χ3v) is 4.83. The number of aromatic nitrogens is 4. The Morgan fingerprint density at radius 2 is 1.65 bits per heavy atom. The summed E-state index contributed by atoms with van der Waals surface area (Å²) in [5.41, 5.74) is 0.288. The molecular formula is C18H30N4O4. The molecule has 2 N–H and O–H groups in total. The first-order valence-corrected chi connectivity index (χ1v) is 9.37. The van der Waals surface area contributed by atoms with Crippen molar-refractivity contribution in [3.8, 4) is 0 Å². The van der Waals surface area contributed by atoms with E-state index in [2.05, 4.69) is 4.98 Å². The van der Waals surface area contributed by atoms with Crippen LogP contribution in [0.15, 0.2) is 15.9 Å². The first kappa shape index (κ1) is 20.4. The van der Waals surface area contributed by atoms with Crippen molar-refractivity contribution in [1.82, 2.24) is 18.7 Å². The minimum absolute atomic E-state index is 0.163. The molecule has 0 amide bonds. The second-order valence-corrected chi connectivity index (χ2v) is 6.93. The first-order chi connectivity index (χ1) is 12.5. The summed E-state index contributed by atoms with van der Waals surface area (Å²) < 4.78 is 4.39. The molecule has 0 aliphatic heterocycles. The van der Waals surface area contributed by atoms with Crippen LogP contribution in [0.1, 0.15) is 51.4 Å². The molecular weight excluding hydrogens is 336 g/mol. The Kier molecular flexibility index (Phi) is 7.59. The van der Waals surface area contributed by atoms with Gasteiger partial charge in [-0.3, -0.25) is 13.9 Å². The minimum Gasteiger partial charge on any atom is -0.394 e. The average Bonchev–Trinajstić information content (AvgIpc) is 3.02. The molecule has 0 saturated heterocycles. The predicted molar refractivity (Wildman–Crippen MR) is 100 cm³/mol. The van der Waals surface area contributed by atoms with E-state index in [0.29, 0.717) is 24.1 Å². The lowest BCUT2D eigenvalue weighted by Gasteiger charge is -2.09. The number of nitrogens with zero attached hydrogens (tertiary/aromatic N) is 4. The van der Waals surface area contributed by atoms with Gasteiger partial charge >= 0.3 is 5.69 Å². The highest BCUT2D eigenvalue weighted by Crippen LogP contribution is 2.10. The Hall–Kier alpha value is -1.93. The number of hydrogen-bond acceptors (Lipinski definition) is 5. The number of aliphatic hydroxyl groups excluding tert-OH is 2. The number of rotatable bonds is 11. The minimum atomic E-state index is -0.590. The molecule has 146 valence electrons. The summed E-state index contributed by atoms with van der Waals surface area (Å²) in [5.74, 6) is 0. The highest BCUT2D eigenvalue weighted by molar-refractivity contribution is 5.69. The largest absolute Gasteiger partial charge is 0.394 e. The Morgan fingerprint density at radius 1 is 1.04 bits per heavy atom. The van der Waals surface area contributed by atoms with Gasteiger partial charge in [0.25, 0.3) is 5.56 Å². The van der Waals surface area contributed by atoms with Crippen LogP contribution in [-0.2, 0) is 20.6 Å². The molecule has 0 aromatic carbocycles. The van der Waals surface area contributed by atoms with Crippen molar-refractivity contribution in [3.05, 3.63) is 27.2 Å². The highest BCUT2D eigenvalue weighted by atomic mass is 16.3. The molecule has 2 aromatic heterocycles. The van der Waals surface area contributed by atoms with Crippen molar-refractivity contribution in [3.63, 3.8) is 0 Å². The zero-order valence-electron chi connectivity index (χ0n) is 15.7. The Morgan fingerprint density at radius 3 is 2.31 bits per heavy atom. The fourth-order valence-electron chi connectivity index (χ4n) is 3.22. The van der Waals surface area contributed by atoms with Crippen LogP contribution < -0.4 is 11.2 Å². The second-order valence-electron chi connectivity index (χ2n) is 6.93. The molecule has 0 radical (unpaired) electrons. The summed E-state index contributed by atoms with van der Waals surface area (Å²) in [6.45, 7) is 0.263. The number of aryl methyl sites for hydroxylation is 2. The summed E-state index contributed by atoms with van der Waals surface area (Å²) in [6, 6.07) is 0. The molecule has 0 aliphatic carbocycles. The summed E-state index contributed by atoms with van der Waals surface area (Å²) in [6.07, 6.45) is 8.61. The van der Waals surface area contributed by atoms with Crippen molar-refractivity contribution in [2.45, 2.75) is 64.0 Å². The van der Waals surface area contributed by atoms with Gasteiger partial charge in [0.1, 0.15) is 0 Å². The molecule has 0 spiro atoms. The smallest absolute Gasteiger partial charge is 0.332 e. The van der Waals surface area contributed by atoms with Gasteiger partial charge in [-0.1, -0.05) is 38.5 Å². The molecule has 0 bridgehead atoms. The van der Waals surface area contributed by atoms with E-state index in [9.17, 15) is 14.7 Å². The SMILES string of the molecule is Cn1cnc2c1c(=O)n(CCCCCCCCCC(O)CO)c(=O)n2C. The van der Waals surface area contributed by atoms with Crippen molar-refractivity contribution in [2.24, 2.45) is 14.1 Å². The van der Waals surface area contributed by atoms with Gasteiger partial charge < -0.3 is 14.8 Å². The normalized spacial score (nSPS) is 12.8. The number of fused-ring (bicyclic) bond motifs is 1. The Bertz CT molecular complexity index is 821. The van der Waals surface area contributed by atoms with E-state index in [0.717, 1.165) is 44.9 Å². The summed E-state index contributed by atoms with van der Waals surface area (Å²) in [7, 11) is 3.40. The fraction of sp³-hybridized carbons (Fsp3) is 0.722. The average molecular weight is 366 g/mol. The molecule has 26 heavy (non-hydrogen) atoms. The van der Waals surface area contributed by atoms with E-state index in [-0.39, 0.29) is 17.9 Å². The molecule has 0 fully saturated rings. The fourth-order valence-corrected chi connectivity index (χ4v) is 3.22. The zero-order valence-corrected chi connectivity index (χ0v) is 15.7. The molecule has 1 atom stereocenters. The van der Waals surface area contributed by atoms with Gasteiger partial charge in [-0.15, -0.1) is 0 Å². The number of imidazole rings is 1. The standard InChI is InChI=1S/C18H30N4O4/c1-20-13-19-16-15(20)17(25)22(18(26)21(16)2)11-9-7-5-3-4-6-8-10-14(24)12-23/h13-14,23-24H,3-12H2,1-2H3. The maximum atomic E-state index is 12.6. The topological polar surface area (TPSA) is 102 Å². The third kappa shape index (κ3) is 4.82. The lowest BCUT2D eigenvalue weighted by atomic mass is 10.1. The van der Waals surface area contributed by atoms with Crippen LogP contribution in [0.3, 0.4) is 0 Å². The Labute approximate surface area is 152 Å². The van der Waals surface area contributed by atoms with E-state index in [1.54, 1.807) is 25.0 Å². The summed E-state index contributed by atoms with van der Waals surface area (Å²) >= 11 is 0. The van der Waals surface area contributed by atoms with E-state index in [1.807, 2.05) is 0 Å². The van der Waals surface area contributed by atoms with E-state index < -0.39 is 6.10 Å². The number of unbranched alkanes of at least 4 members (excludes halogenated alkanes) is 6. The van der Waals surface area contributed by atoms with E-state index in [1.165, 1.54) is 9.13 Å². The van der Waals surface area contributed by atoms with Gasteiger partial charge in [0.15, 0.2) is 11.2 Å². The molecule has 8 nitrogen and oxygen atoms in total. The van der Waals surface area contributed by atoms with Crippen LogP contribution in [0.4, 0.5) is 0 Å². The highest BCUT2D eigenvalue weighted by Gasteiger charge is 2.14. The summed E-state index contributed by atoms with van der Waals surface area (Å²) in [5, 5.41) is 18.0. The first-order valence-electron chi connectivity index (χ1n) is 9.37. The van der Waals surface area contributed by atoms with Crippen LogP contribution in [0.25, 0.3) is 11.2 Å². The summed E-state index contributed by atoms with van der Waals surface area (Å²) in [4.78, 5) is 29.0. The van der Waals surface area contributed by atoms with Crippen LogP contribution in [-0.4, -0.2) is 41.6 Å². The van der Waals surface area contributed by atoms with Crippen molar-refractivity contribution < 1.29 is 10.2 Å². The van der Waals surface area contributed by atoms with Crippen molar-refractivity contribution >= 4 is 11.2 Å². The maximum Gasteiger partial charge on any atom is 0.332 e. The van der Waals surface area contributed by atoms with Gasteiger partial charge in [0.05, 0.1) is 19.0 Å². The molecule has 0 saturated carbocycles. The molecule has 2 rings (SSSR count). The Balaban J connectivity index is 1.78.